The maximum absolute atomic E-state index is 12.7. The highest BCUT2D eigenvalue weighted by Crippen LogP contribution is 2.58. The molecule has 1 aliphatic heterocycles. The maximum Gasteiger partial charge on any atom is 0.309 e. The Kier molecular flexibility index (Phi) is 3.76. The van der Waals surface area contributed by atoms with Crippen molar-refractivity contribution in [2.45, 2.75) is 45.2 Å². The Balaban J connectivity index is 1.66. The van der Waals surface area contributed by atoms with Gasteiger partial charge in [-0.05, 0) is 56.2 Å². The number of benzene rings is 1. The van der Waals surface area contributed by atoms with Gasteiger partial charge in [0.25, 0.3) is 5.91 Å². The smallest absolute Gasteiger partial charge is 0.309 e. The number of carbonyl (C=O) groups excluding carboxylic acids is 2. The van der Waals surface area contributed by atoms with Gasteiger partial charge in [0.15, 0.2) is 0 Å². The number of nitrogens with one attached hydrogen (secondary N) is 2. The molecule has 0 saturated heterocycles. The minimum absolute atomic E-state index is 0.0952. The van der Waals surface area contributed by atoms with Crippen molar-refractivity contribution in [2.24, 2.45) is 17.3 Å². The minimum Gasteiger partial charge on any atom is -0.466 e. The van der Waals surface area contributed by atoms with Crippen molar-refractivity contribution in [3.05, 3.63) is 28.8 Å². The van der Waals surface area contributed by atoms with E-state index in [4.69, 9.17) is 16.3 Å². The Morgan fingerprint density at radius 1 is 1.40 bits per heavy atom. The number of anilines is 1. The number of ether oxygens (including phenoxy) is 1. The summed E-state index contributed by atoms with van der Waals surface area (Å²) in [4.78, 5) is 25.1. The van der Waals surface area contributed by atoms with Crippen LogP contribution in [0.25, 0.3) is 0 Å². The first kappa shape index (κ1) is 16.7. The largest absolute Gasteiger partial charge is 0.466 e. The molecular formula is C19H23ClN2O3. The molecule has 2 bridgehead atoms. The van der Waals surface area contributed by atoms with Gasteiger partial charge < -0.3 is 15.4 Å². The van der Waals surface area contributed by atoms with Gasteiger partial charge in [-0.3, -0.25) is 9.59 Å². The average Bonchev–Trinajstić information content (AvgIpc) is 2.55. The van der Waals surface area contributed by atoms with Gasteiger partial charge in [-0.2, -0.15) is 0 Å². The van der Waals surface area contributed by atoms with Crippen LogP contribution in [-0.2, 0) is 9.53 Å². The van der Waals surface area contributed by atoms with E-state index in [0.29, 0.717) is 17.2 Å². The second kappa shape index (κ2) is 5.63. The van der Waals surface area contributed by atoms with Gasteiger partial charge in [-0.25, -0.2) is 0 Å². The van der Waals surface area contributed by atoms with Crippen LogP contribution < -0.4 is 10.6 Å². The van der Waals surface area contributed by atoms with E-state index in [9.17, 15) is 9.59 Å². The van der Waals surface area contributed by atoms with Crippen LogP contribution in [0.2, 0.25) is 5.02 Å². The van der Waals surface area contributed by atoms with Gasteiger partial charge in [-0.1, -0.05) is 18.5 Å². The Labute approximate surface area is 152 Å². The zero-order valence-electron chi connectivity index (χ0n) is 14.5. The van der Waals surface area contributed by atoms with Crippen molar-refractivity contribution in [3.8, 4) is 0 Å². The van der Waals surface area contributed by atoms with Gasteiger partial charge in [-0.15, -0.1) is 0 Å². The first-order valence-corrected chi connectivity index (χ1v) is 9.31. The zero-order chi connectivity index (χ0) is 17.8. The number of rotatable bonds is 2. The molecule has 0 aromatic heterocycles. The zero-order valence-corrected chi connectivity index (χ0v) is 15.3. The maximum atomic E-state index is 12.7. The summed E-state index contributed by atoms with van der Waals surface area (Å²) in [7, 11) is 0. The van der Waals surface area contributed by atoms with E-state index < -0.39 is 5.66 Å². The minimum atomic E-state index is -0.492. The van der Waals surface area contributed by atoms with E-state index in [1.54, 1.807) is 12.1 Å². The summed E-state index contributed by atoms with van der Waals surface area (Å²) in [5, 5.41) is 7.33. The van der Waals surface area contributed by atoms with Crippen molar-refractivity contribution < 1.29 is 14.3 Å². The Morgan fingerprint density at radius 2 is 2.20 bits per heavy atom. The first-order chi connectivity index (χ1) is 11.9. The lowest BCUT2D eigenvalue weighted by Crippen LogP contribution is -2.69. The van der Waals surface area contributed by atoms with Gasteiger partial charge in [0.05, 0.1) is 18.1 Å². The summed E-state index contributed by atoms with van der Waals surface area (Å²) in [5.74, 6) is -0.0856. The molecule has 1 amide bonds. The summed E-state index contributed by atoms with van der Waals surface area (Å²) in [6, 6.07) is 5.35. The fourth-order valence-corrected chi connectivity index (χ4v) is 5.25. The summed E-state index contributed by atoms with van der Waals surface area (Å²) in [6.45, 7) is 4.40. The van der Waals surface area contributed by atoms with E-state index in [2.05, 4.69) is 17.6 Å². The normalized spacial score (nSPS) is 35.7. The number of amides is 1. The van der Waals surface area contributed by atoms with E-state index >= 15 is 0 Å². The number of halogens is 1. The number of hydrogen-bond acceptors (Lipinski definition) is 4. The molecule has 3 aliphatic carbocycles. The molecule has 5 rings (SSSR count). The van der Waals surface area contributed by atoms with E-state index in [1.165, 1.54) is 0 Å². The number of carbonyl (C=O) groups is 2. The highest BCUT2D eigenvalue weighted by molar-refractivity contribution is 6.31. The van der Waals surface area contributed by atoms with Crippen molar-refractivity contribution in [1.29, 1.82) is 0 Å². The molecule has 25 heavy (non-hydrogen) atoms. The van der Waals surface area contributed by atoms with Crippen LogP contribution in [0.3, 0.4) is 0 Å². The monoisotopic (exact) mass is 362 g/mol. The lowest BCUT2D eigenvalue weighted by atomic mass is 9.51. The van der Waals surface area contributed by atoms with Crippen LogP contribution in [0, 0.1) is 17.3 Å². The fourth-order valence-electron chi connectivity index (χ4n) is 5.08. The van der Waals surface area contributed by atoms with E-state index in [0.717, 1.165) is 31.4 Å². The number of esters is 1. The molecule has 1 aromatic carbocycles. The lowest BCUT2D eigenvalue weighted by Gasteiger charge is -2.60. The quantitative estimate of drug-likeness (QED) is 0.789. The molecule has 3 fully saturated rings. The van der Waals surface area contributed by atoms with Crippen molar-refractivity contribution in [2.75, 3.05) is 11.9 Å². The standard InChI is InChI=1S/C19H23ClN2O3/c1-3-25-17(24)14-8-11-6-7-18(14,2)10-19(11)21-15-5-4-12(20)9-13(15)16(23)22-19/h4-5,9,11,14,21H,3,6-8,10H2,1-2H3,(H,22,23). The molecule has 4 aliphatic rings. The van der Waals surface area contributed by atoms with E-state index in [-0.39, 0.29) is 29.1 Å². The van der Waals surface area contributed by atoms with Crippen LogP contribution in [0.15, 0.2) is 18.2 Å². The van der Waals surface area contributed by atoms with Crippen LogP contribution in [0.1, 0.15) is 49.9 Å². The van der Waals surface area contributed by atoms with E-state index in [1.807, 2.05) is 13.0 Å². The predicted octanol–water partition coefficient (Wildman–Crippen LogP) is 3.58. The van der Waals surface area contributed by atoms with Crippen LogP contribution in [0.5, 0.6) is 0 Å². The Bertz CT molecular complexity index is 752. The van der Waals surface area contributed by atoms with Crippen molar-refractivity contribution in [1.82, 2.24) is 5.32 Å². The summed E-state index contributed by atoms with van der Waals surface area (Å²) >= 11 is 6.03. The lowest BCUT2D eigenvalue weighted by molar-refractivity contribution is -0.163. The molecule has 6 heteroatoms. The second-order valence-electron chi connectivity index (χ2n) is 7.85. The molecule has 1 aromatic rings. The van der Waals surface area contributed by atoms with Crippen molar-refractivity contribution in [3.63, 3.8) is 0 Å². The molecule has 5 nitrogen and oxygen atoms in total. The number of hydrogen-bond donors (Lipinski definition) is 2. The predicted molar refractivity (Wildman–Crippen MR) is 95.5 cm³/mol. The highest BCUT2D eigenvalue weighted by Gasteiger charge is 2.60. The number of fused-ring (bicyclic) bond motifs is 3. The van der Waals surface area contributed by atoms with Crippen molar-refractivity contribution >= 4 is 29.2 Å². The molecule has 4 atom stereocenters. The molecular weight excluding hydrogens is 340 g/mol. The first-order valence-electron chi connectivity index (χ1n) is 8.94. The summed E-state index contributed by atoms with van der Waals surface area (Å²) in [5.41, 5.74) is 0.725. The third-order valence-corrected chi connectivity index (χ3v) is 6.53. The van der Waals surface area contributed by atoms with Crippen LogP contribution in [0.4, 0.5) is 5.69 Å². The second-order valence-corrected chi connectivity index (χ2v) is 8.28. The molecule has 134 valence electrons. The third kappa shape index (κ3) is 2.51. The molecule has 4 unspecified atom stereocenters. The molecule has 1 heterocycles. The van der Waals surface area contributed by atoms with Gasteiger partial charge in [0, 0.05) is 16.6 Å². The van der Waals surface area contributed by atoms with Crippen LogP contribution in [-0.4, -0.2) is 24.1 Å². The average molecular weight is 363 g/mol. The SMILES string of the molecule is CCOC(=O)C1CC2CCC1(C)CC21NC(=O)c2cc(Cl)ccc2N1. The van der Waals surface area contributed by atoms with Gasteiger partial charge in [0.1, 0.15) is 5.66 Å². The summed E-state index contributed by atoms with van der Waals surface area (Å²) in [6.07, 6.45) is 3.43. The van der Waals surface area contributed by atoms with Gasteiger partial charge >= 0.3 is 5.97 Å². The van der Waals surface area contributed by atoms with Crippen LogP contribution >= 0.6 is 11.6 Å². The Morgan fingerprint density at radius 3 is 2.92 bits per heavy atom. The topological polar surface area (TPSA) is 67.4 Å². The molecule has 0 radical (unpaired) electrons. The fraction of sp³-hybridized carbons (Fsp3) is 0.579. The Hall–Kier alpha value is -1.75. The van der Waals surface area contributed by atoms with Gasteiger partial charge in [0.2, 0.25) is 0 Å². The summed E-state index contributed by atoms with van der Waals surface area (Å²) < 4.78 is 5.30. The molecule has 3 saturated carbocycles. The molecule has 1 spiro atoms. The highest BCUT2D eigenvalue weighted by atomic mass is 35.5. The third-order valence-electron chi connectivity index (χ3n) is 6.30. The molecule has 2 N–H and O–H groups in total.